The molecular weight excluding hydrogens is 316 g/mol. The number of carbonyl (C=O) groups is 1. The van der Waals surface area contributed by atoms with Crippen LogP contribution >= 0.6 is 0 Å². The van der Waals surface area contributed by atoms with Crippen molar-refractivity contribution in [3.05, 3.63) is 29.8 Å². The Morgan fingerprint density at radius 2 is 2.04 bits per heavy atom. The van der Waals surface area contributed by atoms with Crippen molar-refractivity contribution in [1.29, 1.82) is 0 Å². The fourth-order valence-corrected chi connectivity index (χ4v) is 4.24. The quantitative estimate of drug-likeness (QED) is 0.854. The van der Waals surface area contributed by atoms with E-state index in [2.05, 4.69) is 5.32 Å². The van der Waals surface area contributed by atoms with Gasteiger partial charge < -0.3 is 10.1 Å². The molecule has 0 bridgehead atoms. The molecule has 1 aromatic carbocycles. The number of methoxy groups -OCH3 is 1. The molecule has 0 radical (unpaired) electrons. The molecule has 128 valence electrons. The normalized spacial score (nSPS) is 17.0. The summed E-state index contributed by atoms with van der Waals surface area (Å²) in [6.45, 7) is 2.79. The highest BCUT2D eigenvalue weighted by atomic mass is 32.2. The summed E-state index contributed by atoms with van der Waals surface area (Å²) in [5.41, 5.74) is 0.547. The first kappa shape index (κ1) is 17.7. The summed E-state index contributed by atoms with van der Waals surface area (Å²) in [5, 5.41) is 2.97. The number of carbonyl (C=O) groups excluding carboxylic acids is 1. The Morgan fingerprint density at radius 1 is 1.35 bits per heavy atom. The predicted molar refractivity (Wildman–Crippen MR) is 89.1 cm³/mol. The van der Waals surface area contributed by atoms with Crippen LogP contribution in [0.5, 0.6) is 5.75 Å². The molecule has 0 atom stereocenters. The maximum atomic E-state index is 12.3. The van der Waals surface area contributed by atoms with E-state index >= 15 is 0 Å². The number of sulfonamides is 1. The summed E-state index contributed by atoms with van der Waals surface area (Å²) < 4.78 is 30.7. The second kappa shape index (κ2) is 7.79. The van der Waals surface area contributed by atoms with Crippen molar-refractivity contribution in [2.45, 2.75) is 32.2 Å². The van der Waals surface area contributed by atoms with Crippen LogP contribution in [0.25, 0.3) is 0 Å². The van der Waals surface area contributed by atoms with Gasteiger partial charge >= 0.3 is 0 Å². The van der Waals surface area contributed by atoms with Crippen LogP contribution in [-0.2, 0) is 10.0 Å². The molecule has 0 aliphatic carbocycles. The monoisotopic (exact) mass is 340 g/mol. The average molecular weight is 340 g/mol. The summed E-state index contributed by atoms with van der Waals surface area (Å²) >= 11 is 0. The van der Waals surface area contributed by atoms with Gasteiger partial charge in [0, 0.05) is 24.7 Å². The van der Waals surface area contributed by atoms with Crippen molar-refractivity contribution in [3.63, 3.8) is 0 Å². The number of hydrogen-bond acceptors (Lipinski definition) is 4. The Hall–Kier alpha value is -1.60. The molecule has 0 aromatic heterocycles. The number of piperidine rings is 1. The number of benzene rings is 1. The van der Waals surface area contributed by atoms with E-state index in [4.69, 9.17) is 4.74 Å². The largest absolute Gasteiger partial charge is 0.497 e. The maximum Gasteiger partial charge on any atom is 0.251 e. The molecule has 2 rings (SSSR count). The lowest BCUT2D eigenvalue weighted by molar-refractivity contribution is 0.0923. The molecule has 1 fully saturated rings. The summed E-state index contributed by atoms with van der Waals surface area (Å²) in [6, 6.07) is 6.98. The highest BCUT2D eigenvalue weighted by molar-refractivity contribution is 7.89. The first-order valence-corrected chi connectivity index (χ1v) is 9.50. The molecule has 1 aliphatic heterocycles. The maximum absolute atomic E-state index is 12.3. The number of nitrogens with zero attached hydrogens (tertiary/aromatic N) is 1. The number of hydrogen-bond donors (Lipinski definition) is 1. The number of ether oxygens (including phenoxy) is 1. The molecule has 1 amide bonds. The van der Waals surface area contributed by atoms with Gasteiger partial charge in [0.15, 0.2) is 0 Å². The molecule has 1 aromatic rings. The molecule has 0 unspecified atom stereocenters. The van der Waals surface area contributed by atoms with Gasteiger partial charge in [0.25, 0.3) is 5.91 Å². The van der Waals surface area contributed by atoms with E-state index in [1.165, 1.54) is 4.31 Å². The number of rotatable bonds is 6. The van der Waals surface area contributed by atoms with Gasteiger partial charge in [-0.1, -0.05) is 13.0 Å². The van der Waals surface area contributed by atoms with Gasteiger partial charge in [-0.2, -0.15) is 0 Å². The highest BCUT2D eigenvalue weighted by Gasteiger charge is 2.28. The Bertz CT molecular complexity index is 637. The Balaban J connectivity index is 1.90. The summed E-state index contributed by atoms with van der Waals surface area (Å²) in [5.74, 6) is 0.672. The molecule has 23 heavy (non-hydrogen) atoms. The van der Waals surface area contributed by atoms with Crippen LogP contribution in [0.3, 0.4) is 0 Å². The summed E-state index contributed by atoms with van der Waals surface area (Å²) in [7, 11) is -1.58. The van der Waals surface area contributed by atoms with Crippen LogP contribution in [0.2, 0.25) is 0 Å². The van der Waals surface area contributed by atoms with E-state index in [1.807, 2.05) is 6.92 Å². The van der Waals surface area contributed by atoms with Crippen molar-refractivity contribution >= 4 is 15.9 Å². The first-order valence-electron chi connectivity index (χ1n) is 7.89. The lowest BCUT2D eigenvalue weighted by Crippen LogP contribution is -2.47. The van der Waals surface area contributed by atoms with Gasteiger partial charge in [-0.25, -0.2) is 12.7 Å². The van der Waals surface area contributed by atoms with Crippen LogP contribution in [0.4, 0.5) is 0 Å². The van der Waals surface area contributed by atoms with E-state index in [0.29, 0.717) is 43.7 Å². The van der Waals surface area contributed by atoms with E-state index in [9.17, 15) is 13.2 Å². The van der Waals surface area contributed by atoms with E-state index in [-0.39, 0.29) is 17.7 Å². The molecule has 6 nitrogen and oxygen atoms in total. The van der Waals surface area contributed by atoms with E-state index in [1.54, 1.807) is 31.4 Å². The number of nitrogens with one attached hydrogen (secondary N) is 1. The Labute approximate surface area is 137 Å². The van der Waals surface area contributed by atoms with Crippen molar-refractivity contribution < 1.29 is 17.9 Å². The minimum absolute atomic E-state index is 0.00165. The second-order valence-electron chi connectivity index (χ2n) is 5.69. The Kier molecular flexibility index (Phi) is 6.01. The molecule has 0 spiro atoms. The number of amides is 1. The zero-order valence-electron chi connectivity index (χ0n) is 13.6. The lowest BCUT2D eigenvalue weighted by atomic mass is 10.1. The summed E-state index contributed by atoms with van der Waals surface area (Å²) in [4.78, 5) is 12.3. The van der Waals surface area contributed by atoms with Gasteiger partial charge in [0.05, 0.1) is 12.9 Å². The van der Waals surface area contributed by atoms with Crippen LogP contribution < -0.4 is 10.1 Å². The molecule has 1 aliphatic rings. The van der Waals surface area contributed by atoms with Crippen LogP contribution in [0.15, 0.2) is 24.3 Å². The lowest BCUT2D eigenvalue weighted by Gasteiger charge is -2.31. The van der Waals surface area contributed by atoms with Crippen LogP contribution in [0, 0.1) is 0 Å². The molecule has 1 heterocycles. The zero-order chi connectivity index (χ0) is 16.9. The summed E-state index contributed by atoms with van der Waals surface area (Å²) in [6.07, 6.45) is 1.89. The molecule has 0 saturated carbocycles. The third-order valence-electron chi connectivity index (χ3n) is 3.98. The van der Waals surface area contributed by atoms with Gasteiger partial charge in [-0.05, 0) is 37.5 Å². The third kappa shape index (κ3) is 4.68. The van der Waals surface area contributed by atoms with Crippen molar-refractivity contribution in [1.82, 2.24) is 9.62 Å². The molecule has 7 heteroatoms. The van der Waals surface area contributed by atoms with E-state index < -0.39 is 10.0 Å². The Morgan fingerprint density at radius 3 is 2.65 bits per heavy atom. The minimum Gasteiger partial charge on any atom is -0.497 e. The van der Waals surface area contributed by atoms with Crippen LogP contribution in [0.1, 0.15) is 36.5 Å². The minimum atomic E-state index is -3.14. The third-order valence-corrected chi connectivity index (χ3v) is 6.05. The fourth-order valence-electron chi connectivity index (χ4n) is 2.70. The zero-order valence-corrected chi connectivity index (χ0v) is 14.4. The van der Waals surface area contributed by atoms with Crippen molar-refractivity contribution in [2.24, 2.45) is 0 Å². The highest BCUT2D eigenvalue weighted by Crippen LogP contribution is 2.17. The van der Waals surface area contributed by atoms with E-state index in [0.717, 1.165) is 0 Å². The SMILES string of the molecule is CCCS(=O)(=O)N1CCC(NC(=O)c2cccc(OC)c2)CC1. The van der Waals surface area contributed by atoms with Gasteiger partial charge in [-0.15, -0.1) is 0 Å². The van der Waals surface area contributed by atoms with Gasteiger partial charge in [0.1, 0.15) is 5.75 Å². The molecule has 1 saturated heterocycles. The predicted octanol–water partition coefficient (Wildman–Crippen LogP) is 1.63. The smallest absolute Gasteiger partial charge is 0.251 e. The second-order valence-corrected chi connectivity index (χ2v) is 7.78. The molecular formula is C16H24N2O4S. The standard InChI is InChI=1S/C16H24N2O4S/c1-3-11-23(20,21)18-9-7-14(8-10-18)17-16(19)13-5-4-6-15(12-13)22-2/h4-6,12,14H,3,7-11H2,1-2H3,(H,17,19). The molecule has 1 N–H and O–H groups in total. The average Bonchev–Trinajstić information content (AvgIpc) is 2.55. The van der Waals surface area contributed by atoms with Crippen LogP contribution in [-0.4, -0.2) is 50.6 Å². The first-order chi connectivity index (χ1) is 11.0. The fraction of sp³-hybridized carbons (Fsp3) is 0.562. The topological polar surface area (TPSA) is 75.7 Å². The van der Waals surface area contributed by atoms with Crippen molar-refractivity contribution in [2.75, 3.05) is 26.0 Å². The van der Waals surface area contributed by atoms with Gasteiger partial charge in [0.2, 0.25) is 10.0 Å². The van der Waals surface area contributed by atoms with Gasteiger partial charge in [-0.3, -0.25) is 4.79 Å². The van der Waals surface area contributed by atoms with Crippen molar-refractivity contribution in [3.8, 4) is 5.75 Å².